The molecule has 152 valence electrons. The van der Waals surface area contributed by atoms with E-state index in [2.05, 4.69) is 133 Å². The Morgan fingerprint density at radius 2 is 1.12 bits per heavy atom. The number of nitrogens with zero attached hydrogens (tertiary/aromatic N) is 1. The van der Waals surface area contributed by atoms with Crippen molar-refractivity contribution in [1.82, 2.24) is 4.57 Å². The number of hydrogen-bond acceptors (Lipinski definition) is 0. The summed E-state index contributed by atoms with van der Waals surface area (Å²) in [4.78, 5) is 0. The largest absolute Gasteiger partial charge is 0.309 e. The number of aryl methyl sites for hydroxylation is 1. The lowest BCUT2D eigenvalue weighted by Gasteiger charge is -2.11. The molecule has 32 heavy (non-hydrogen) atoms. The normalized spacial score (nSPS) is 11.3. The molecule has 0 atom stereocenters. The van der Waals surface area contributed by atoms with Crippen LogP contribution in [0.15, 0.2) is 121 Å². The average Bonchev–Trinajstić information content (AvgIpc) is 3.19. The summed E-state index contributed by atoms with van der Waals surface area (Å²) < 4.78 is 2.36. The second kappa shape index (κ2) is 7.55. The predicted octanol–water partition coefficient (Wildman–Crippen LogP) is 8.43. The topological polar surface area (TPSA) is 4.93 Å². The summed E-state index contributed by atoms with van der Waals surface area (Å²) in [6, 6.07) is 43.6. The number of aromatic nitrogens is 1. The first-order chi connectivity index (χ1) is 15.8. The van der Waals surface area contributed by atoms with Crippen LogP contribution in [0.2, 0.25) is 0 Å². The van der Waals surface area contributed by atoms with E-state index in [-0.39, 0.29) is 0 Å². The van der Waals surface area contributed by atoms with Crippen molar-refractivity contribution in [3.8, 4) is 27.9 Å². The van der Waals surface area contributed by atoms with E-state index in [9.17, 15) is 0 Å². The Balaban J connectivity index is 1.58. The number of benzene rings is 5. The second-order valence-corrected chi connectivity index (χ2v) is 8.32. The fourth-order valence-corrected chi connectivity index (χ4v) is 4.74. The van der Waals surface area contributed by atoms with E-state index < -0.39 is 0 Å². The minimum absolute atomic E-state index is 1.19. The average molecular weight is 410 g/mol. The molecule has 0 bridgehead atoms. The van der Waals surface area contributed by atoms with Crippen molar-refractivity contribution in [2.45, 2.75) is 6.92 Å². The third-order valence-corrected chi connectivity index (χ3v) is 6.34. The van der Waals surface area contributed by atoms with Gasteiger partial charge in [-0.3, -0.25) is 0 Å². The molecular formula is C31H23N. The SMILES string of the molecule is Cc1ccc(-c2ccccc2)cc1-c1ccc2c(c1)c1ccccc1n2-c1ccccc1. The first-order valence-corrected chi connectivity index (χ1v) is 11.0. The molecule has 6 aromatic rings. The van der Waals surface area contributed by atoms with E-state index in [4.69, 9.17) is 0 Å². The van der Waals surface area contributed by atoms with E-state index in [1.54, 1.807) is 0 Å². The fourth-order valence-electron chi connectivity index (χ4n) is 4.74. The highest BCUT2D eigenvalue weighted by Crippen LogP contribution is 2.36. The zero-order valence-corrected chi connectivity index (χ0v) is 18.0. The molecule has 0 spiro atoms. The standard InChI is InChI=1S/C31H23N/c1-22-16-17-24(23-10-4-2-5-11-23)20-28(22)25-18-19-31-29(21-25)27-14-8-9-15-30(27)32(31)26-12-6-3-7-13-26/h2-21H,1H3. The Morgan fingerprint density at radius 3 is 1.94 bits per heavy atom. The lowest BCUT2D eigenvalue weighted by Crippen LogP contribution is -1.93. The number of fused-ring (bicyclic) bond motifs is 3. The van der Waals surface area contributed by atoms with Crippen LogP contribution in [0, 0.1) is 6.92 Å². The molecule has 1 aromatic heterocycles. The Hall–Kier alpha value is -4.10. The first kappa shape index (κ1) is 18.7. The van der Waals surface area contributed by atoms with Crippen molar-refractivity contribution in [3.63, 3.8) is 0 Å². The van der Waals surface area contributed by atoms with Crippen LogP contribution in [-0.4, -0.2) is 4.57 Å². The van der Waals surface area contributed by atoms with Crippen LogP contribution < -0.4 is 0 Å². The monoisotopic (exact) mass is 409 g/mol. The van der Waals surface area contributed by atoms with Gasteiger partial charge in [-0.1, -0.05) is 84.9 Å². The van der Waals surface area contributed by atoms with Crippen molar-refractivity contribution < 1.29 is 0 Å². The van der Waals surface area contributed by atoms with Crippen LogP contribution in [0.25, 0.3) is 49.7 Å². The van der Waals surface area contributed by atoms with Gasteiger partial charge in [-0.2, -0.15) is 0 Å². The molecule has 0 fully saturated rings. The third-order valence-electron chi connectivity index (χ3n) is 6.34. The molecule has 0 saturated carbocycles. The van der Waals surface area contributed by atoms with Gasteiger partial charge in [0, 0.05) is 16.5 Å². The fraction of sp³-hybridized carbons (Fsp3) is 0.0323. The Labute approximate surface area is 188 Å². The Bertz CT molecular complexity index is 1560. The number of para-hydroxylation sites is 2. The summed E-state index contributed by atoms with van der Waals surface area (Å²) in [6.07, 6.45) is 0. The van der Waals surface area contributed by atoms with Crippen molar-refractivity contribution in [2.75, 3.05) is 0 Å². The predicted molar refractivity (Wildman–Crippen MR) is 136 cm³/mol. The van der Waals surface area contributed by atoms with Gasteiger partial charge < -0.3 is 4.57 Å². The number of rotatable bonds is 3. The van der Waals surface area contributed by atoms with Crippen LogP contribution in [0.1, 0.15) is 5.56 Å². The maximum atomic E-state index is 2.36. The van der Waals surface area contributed by atoms with Crippen LogP contribution in [0.5, 0.6) is 0 Å². The summed E-state index contributed by atoms with van der Waals surface area (Å²) in [7, 11) is 0. The molecule has 1 heteroatoms. The summed E-state index contributed by atoms with van der Waals surface area (Å²) in [6.45, 7) is 2.20. The molecule has 0 amide bonds. The minimum atomic E-state index is 1.19. The van der Waals surface area contributed by atoms with Crippen LogP contribution in [0.3, 0.4) is 0 Å². The third kappa shape index (κ3) is 3.02. The highest BCUT2D eigenvalue weighted by molar-refractivity contribution is 6.10. The summed E-state index contributed by atoms with van der Waals surface area (Å²) in [5.41, 5.74) is 9.98. The van der Waals surface area contributed by atoms with E-state index in [1.807, 2.05) is 0 Å². The van der Waals surface area contributed by atoms with Crippen molar-refractivity contribution in [3.05, 3.63) is 127 Å². The molecule has 1 heterocycles. The van der Waals surface area contributed by atoms with E-state index in [0.717, 1.165) is 0 Å². The maximum absolute atomic E-state index is 2.36. The zero-order chi connectivity index (χ0) is 21.5. The summed E-state index contributed by atoms with van der Waals surface area (Å²) in [5.74, 6) is 0. The minimum Gasteiger partial charge on any atom is -0.309 e. The molecule has 0 saturated heterocycles. The highest BCUT2D eigenvalue weighted by Gasteiger charge is 2.13. The Morgan fingerprint density at radius 1 is 0.469 bits per heavy atom. The van der Waals surface area contributed by atoms with Crippen molar-refractivity contribution >= 4 is 21.8 Å². The van der Waals surface area contributed by atoms with Gasteiger partial charge in [-0.05, 0) is 71.1 Å². The molecule has 0 radical (unpaired) electrons. The number of hydrogen-bond donors (Lipinski definition) is 0. The molecular weight excluding hydrogens is 386 g/mol. The molecule has 0 aliphatic heterocycles. The van der Waals surface area contributed by atoms with Gasteiger partial charge in [-0.15, -0.1) is 0 Å². The smallest absolute Gasteiger partial charge is 0.0541 e. The lowest BCUT2D eigenvalue weighted by atomic mass is 9.94. The second-order valence-electron chi connectivity index (χ2n) is 8.32. The van der Waals surface area contributed by atoms with E-state index >= 15 is 0 Å². The van der Waals surface area contributed by atoms with Crippen LogP contribution >= 0.6 is 0 Å². The van der Waals surface area contributed by atoms with Gasteiger partial charge in [0.25, 0.3) is 0 Å². The molecule has 1 nitrogen and oxygen atoms in total. The molecule has 0 N–H and O–H groups in total. The highest BCUT2D eigenvalue weighted by atomic mass is 15.0. The van der Waals surface area contributed by atoms with Crippen LogP contribution in [0.4, 0.5) is 0 Å². The van der Waals surface area contributed by atoms with Crippen LogP contribution in [-0.2, 0) is 0 Å². The van der Waals surface area contributed by atoms with Gasteiger partial charge in [0.05, 0.1) is 11.0 Å². The Kier molecular flexibility index (Phi) is 4.40. The van der Waals surface area contributed by atoms with Crippen molar-refractivity contribution in [2.24, 2.45) is 0 Å². The van der Waals surface area contributed by atoms with Gasteiger partial charge in [0.2, 0.25) is 0 Å². The molecule has 0 unspecified atom stereocenters. The first-order valence-electron chi connectivity index (χ1n) is 11.0. The van der Waals surface area contributed by atoms with Gasteiger partial charge >= 0.3 is 0 Å². The molecule has 6 rings (SSSR count). The molecule has 5 aromatic carbocycles. The van der Waals surface area contributed by atoms with E-state index in [0.29, 0.717) is 0 Å². The summed E-state index contributed by atoms with van der Waals surface area (Å²) >= 11 is 0. The van der Waals surface area contributed by atoms with Gasteiger partial charge in [0.1, 0.15) is 0 Å². The zero-order valence-electron chi connectivity index (χ0n) is 18.0. The molecule has 0 aliphatic carbocycles. The molecule has 0 aliphatic rings. The quantitative estimate of drug-likeness (QED) is 0.276. The van der Waals surface area contributed by atoms with Gasteiger partial charge in [0.15, 0.2) is 0 Å². The lowest BCUT2D eigenvalue weighted by molar-refractivity contribution is 1.18. The van der Waals surface area contributed by atoms with E-state index in [1.165, 1.54) is 55.3 Å². The summed E-state index contributed by atoms with van der Waals surface area (Å²) in [5, 5.41) is 2.57. The van der Waals surface area contributed by atoms with Gasteiger partial charge in [-0.25, -0.2) is 0 Å². The van der Waals surface area contributed by atoms with Crippen molar-refractivity contribution in [1.29, 1.82) is 0 Å². The maximum Gasteiger partial charge on any atom is 0.0541 e.